The predicted octanol–water partition coefficient (Wildman–Crippen LogP) is 3.17. The molecule has 0 bridgehead atoms. The molecule has 0 fully saturated rings. The van der Waals surface area contributed by atoms with Gasteiger partial charge in [0.2, 0.25) is 11.0 Å². The summed E-state index contributed by atoms with van der Waals surface area (Å²) in [6, 6.07) is 12.2. The number of hydrogen-bond acceptors (Lipinski definition) is 8. The summed E-state index contributed by atoms with van der Waals surface area (Å²) < 4.78 is 6.03. The van der Waals surface area contributed by atoms with Gasteiger partial charge in [-0.2, -0.15) is 4.98 Å². The second-order valence-electron chi connectivity index (χ2n) is 5.39. The predicted molar refractivity (Wildman–Crippen MR) is 93.8 cm³/mol. The van der Waals surface area contributed by atoms with E-state index < -0.39 is 6.23 Å². The third kappa shape index (κ3) is 2.80. The van der Waals surface area contributed by atoms with Crippen LogP contribution in [-0.4, -0.2) is 31.7 Å². The van der Waals surface area contributed by atoms with Crippen molar-refractivity contribution in [2.75, 3.05) is 11.6 Å². The lowest BCUT2D eigenvalue weighted by Gasteiger charge is -2.19. The van der Waals surface area contributed by atoms with Gasteiger partial charge in [0.05, 0.1) is 0 Å². The second-order valence-corrected chi connectivity index (χ2v) is 6.16. The summed E-state index contributed by atoms with van der Waals surface area (Å²) in [7, 11) is 0. The Balaban J connectivity index is 1.85. The highest BCUT2D eigenvalue weighted by Gasteiger charge is 2.26. The Morgan fingerprint density at radius 2 is 1.92 bits per heavy atom. The molecular formula is C17H14N4O3S. The van der Waals surface area contributed by atoms with Crippen molar-refractivity contribution in [2.45, 2.75) is 11.4 Å². The first kappa shape index (κ1) is 15.5. The van der Waals surface area contributed by atoms with Crippen molar-refractivity contribution >= 4 is 17.4 Å². The molecular weight excluding hydrogens is 340 g/mol. The summed E-state index contributed by atoms with van der Waals surface area (Å²) >= 11 is 1.37. The average molecular weight is 354 g/mol. The summed E-state index contributed by atoms with van der Waals surface area (Å²) in [5, 5.41) is 31.5. The molecule has 1 aliphatic rings. The minimum atomic E-state index is -0.611. The lowest BCUT2D eigenvalue weighted by Crippen LogP contribution is -2.17. The van der Waals surface area contributed by atoms with Gasteiger partial charge < -0.3 is 20.3 Å². The van der Waals surface area contributed by atoms with E-state index in [1.54, 1.807) is 6.07 Å². The van der Waals surface area contributed by atoms with Crippen LogP contribution in [0.15, 0.2) is 47.6 Å². The number of nitrogens with one attached hydrogen (secondary N) is 1. The summed E-state index contributed by atoms with van der Waals surface area (Å²) in [6.07, 6.45) is 1.25. The molecule has 0 saturated carbocycles. The summed E-state index contributed by atoms with van der Waals surface area (Å²) in [6.45, 7) is 0. The number of anilines is 1. The Kier molecular flexibility index (Phi) is 3.81. The lowest BCUT2D eigenvalue weighted by atomic mass is 10.1. The van der Waals surface area contributed by atoms with Gasteiger partial charge >= 0.3 is 0 Å². The molecule has 1 aromatic heterocycles. The first-order valence-corrected chi connectivity index (χ1v) is 8.71. The average Bonchev–Trinajstić information content (AvgIpc) is 2.80. The van der Waals surface area contributed by atoms with Crippen LogP contribution in [0.4, 0.5) is 5.69 Å². The van der Waals surface area contributed by atoms with Crippen molar-refractivity contribution in [1.29, 1.82) is 0 Å². The number of benzene rings is 2. The molecule has 1 atom stereocenters. The van der Waals surface area contributed by atoms with Crippen molar-refractivity contribution in [2.24, 2.45) is 0 Å². The molecule has 4 rings (SSSR count). The normalized spacial score (nSPS) is 15.3. The first-order chi connectivity index (χ1) is 12.2. The fraction of sp³-hybridized carbons (Fsp3) is 0.118. The monoisotopic (exact) mass is 354 g/mol. The number of para-hydroxylation sites is 1. The van der Waals surface area contributed by atoms with E-state index in [4.69, 9.17) is 4.74 Å². The van der Waals surface area contributed by atoms with Gasteiger partial charge in [-0.3, -0.25) is 0 Å². The second kappa shape index (κ2) is 6.14. The fourth-order valence-electron chi connectivity index (χ4n) is 2.59. The molecule has 25 heavy (non-hydrogen) atoms. The maximum atomic E-state index is 9.80. The highest BCUT2D eigenvalue weighted by molar-refractivity contribution is 7.98. The van der Waals surface area contributed by atoms with E-state index in [9.17, 15) is 10.2 Å². The Labute approximate surface area is 147 Å². The number of phenols is 2. The summed E-state index contributed by atoms with van der Waals surface area (Å²) in [5.41, 5.74) is 2.83. The highest BCUT2D eigenvalue weighted by Crippen LogP contribution is 2.40. The third-order valence-electron chi connectivity index (χ3n) is 3.82. The van der Waals surface area contributed by atoms with E-state index in [-0.39, 0.29) is 11.5 Å². The molecule has 0 aliphatic carbocycles. The van der Waals surface area contributed by atoms with Crippen LogP contribution in [0.3, 0.4) is 0 Å². The smallest absolute Gasteiger partial charge is 0.247 e. The number of rotatable bonds is 2. The largest absolute Gasteiger partial charge is 0.504 e. The van der Waals surface area contributed by atoms with Gasteiger partial charge in [0.1, 0.15) is 0 Å². The number of nitrogens with zero attached hydrogens (tertiary/aromatic N) is 3. The zero-order chi connectivity index (χ0) is 17.4. The molecule has 1 aliphatic heterocycles. The van der Waals surface area contributed by atoms with Gasteiger partial charge in [-0.25, -0.2) is 0 Å². The zero-order valence-corrected chi connectivity index (χ0v) is 14.0. The van der Waals surface area contributed by atoms with Crippen LogP contribution in [0.5, 0.6) is 17.4 Å². The number of thioether (sulfide) groups is 1. The molecule has 0 saturated heterocycles. The van der Waals surface area contributed by atoms with Gasteiger partial charge in [-0.05, 0) is 30.5 Å². The van der Waals surface area contributed by atoms with Gasteiger partial charge in [-0.15, -0.1) is 10.2 Å². The molecule has 0 radical (unpaired) electrons. The Morgan fingerprint density at radius 1 is 1.08 bits per heavy atom. The maximum absolute atomic E-state index is 9.80. The zero-order valence-electron chi connectivity index (χ0n) is 13.2. The van der Waals surface area contributed by atoms with Crippen LogP contribution >= 0.6 is 11.8 Å². The van der Waals surface area contributed by atoms with Crippen molar-refractivity contribution in [3.8, 4) is 28.6 Å². The highest BCUT2D eigenvalue weighted by atomic mass is 32.2. The topological polar surface area (TPSA) is 100 Å². The van der Waals surface area contributed by atoms with E-state index >= 15 is 0 Å². The van der Waals surface area contributed by atoms with Crippen molar-refractivity contribution in [3.05, 3.63) is 48.0 Å². The molecule has 0 amide bonds. The van der Waals surface area contributed by atoms with Crippen LogP contribution in [0.2, 0.25) is 0 Å². The van der Waals surface area contributed by atoms with Crippen molar-refractivity contribution in [1.82, 2.24) is 15.2 Å². The number of aromatic hydroxyl groups is 2. The van der Waals surface area contributed by atoms with Crippen LogP contribution in [0.25, 0.3) is 11.3 Å². The SMILES string of the molecule is CSc1nnc2c(n1)O[C@H](c1ccc(O)c(O)c1)Nc1ccccc1-2. The van der Waals surface area contributed by atoms with Crippen LogP contribution in [0, 0.1) is 0 Å². The van der Waals surface area contributed by atoms with Crippen LogP contribution in [-0.2, 0) is 0 Å². The van der Waals surface area contributed by atoms with Gasteiger partial charge in [-0.1, -0.05) is 30.0 Å². The Morgan fingerprint density at radius 3 is 2.72 bits per heavy atom. The van der Waals surface area contributed by atoms with Crippen molar-refractivity contribution < 1.29 is 14.9 Å². The van der Waals surface area contributed by atoms with Crippen molar-refractivity contribution in [3.63, 3.8) is 0 Å². The molecule has 3 aromatic rings. The number of hydrogen-bond donors (Lipinski definition) is 3. The molecule has 126 valence electrons. The Bertz CT molecular complexity index is 951. The maximum Gasteiger partial charge on any atom is 0.247 e. The molecule has 2 aromatic carbocycles. The fourth-order valence-corrected chi connectivity index (χ4v) is 2.88. The number of ether oxygens (including phenoxy) is 1. The minimum Gasteiger partial charge on any atom is -0.504 e. The summed E-state index contributed by atoms with van der Waals surface area (Å²) in [4.78, 5) is 4.42. The quantitative estimate of drug-likeness (QED) is 0.477. The molecule has 3 N–H and O–H groups in total. The molecule has 0 spiro atoms. The van der Waals surface area contributed by atoms with E-state index in [0.717, 1.165) is 11.3 Å². The number of aromatic nitrogens is 3. The van der Waals surface area contributed by atoms with Crippen LogP contribution < -0.4 is 10.1 Å². The standard InChI is InChI=1S/C17H14N4O3S/c1-25-17-19-16-14(20-21-17)10-4-2-3-5-11(10)18-15(24-16)9-6-7-12(22)13(23)8-9/h2-8,15,18,22-23H,1H3/t15-/m1/s1. The summed E-state index contributed by atoms with van der Waals surface area (Å²) in [5.74, 6) is -0.0486. The van der Waals surface area contributed by atoms with Gasteiger partial charge in [0, 0.05) is 16.8 Å². The minimum absolute atomic E-state index is 0.188. The number of fused-ring (bicyclic) bond motifs is 3. The molecule has 8 heteroatoms. The molecule has 0 unspecified atom stereocenters. The first-order valence-electron chi connectivity index (χ1n) is 7.49. The Hall–Kier alpha value is -3.00. The lowest BCUT2D eigenvalue weighted by molar-refractivity contribution is 0.224. The molecule has 7 nitrogen and oxygen atoms in total. The third-order valence-corrected chi connectivity index (χ3v) is 4.36. The number of phenolic OH excluding ortho intramolecular Hbond substituents is 2. The van der Waals surface area contributed by atoms with E-state index in [1.165, 1.54) is 23.9 Å². The van der Waals surface area contributed by atoms with E-state index in [2.05, 4.69) is 20.5 Å². The van der Waals surface area contributed by atoms with Gasteiger partial charge in [0.15, 0.2) is 23.4 Å². The molecule has 2 heterocycles. The van der Waals surface area contributed by atoms with Gasteiger partial charge in [0.25, 0.3) is 0 Å². The van der Waals surface area contributed by atoms with Crippen LogP contribution in [0.1, 0.15) is 11.8 Å². The van der Waals surface area contributed by atoms with E-state index in [0.29, 0.717) is 22.3 Å². The van der Waals surface area contributed by atoms with E-state index in [1.807, 2.05) is 30.5 Å².